The van der Waals surface area contributed by atoms with Crippen LogP contribution in [0, 0.1) is 20.8 Å². The number of fused-ring (bicyclic) bond motifs is 3. The van der Waals surface area contributed by atoms with E-state index in [1.807, 2.05) is 45.9 Å². The fourth-order valence-electron chi connectivity index (χ4n) is 4.26. The number of carbonyl (C=O) groups is 1. The van der Waals surface area contributed by atoms with E-state index in [4.69, 9.17) is 4.42 Å². The number of amides is 1. The number of aromatic nitrogens is 2. The van der Waals surface area contributed by atoms with E-state index in [9.17, 15) is 14.4 Å². The van der Waals surface area contributed by atoms with Crippen molar-refractivity contribution in [2.75, 3.05) is 5.32 Å². The molecule has 0 saturated heterocycles. The van der Waals surface area contributed by atoms with E-state index in [1.165, 1.54) is 9.13 Å². The van der Waals surface area contributed by atoms with Gasteiger partial charge in [-0.1, -0.05) is 43.2 Å². The van der Waals surface area contributed by atoms with Crippen LogP contribution < -0.4 is 16.6 Å². The van der Waals surface area contributed by atoms with Gasteiger partial charge < -0.3 is 9.73 Å². The summed E-state index contributed by atoms with van der Waals surface area (Å²) in [5, 5.41) is 3.58. The molecule has 1 N–H and O–H groups in total. The Bertz CT molecular complexity index is 1430. The summed E-state index contributed by atoms with van der Waals surface area (Å²) in [5.41, 5.74) is 3.75. The fraction of sp³-hybridized carbons (Fsp3) is 0.320. The maximum absolute atomic E-state index is 13.3. The minimum Gasteiger partial charge on any atom is -0.449 e. The third-order valence-corrected chi connectivity index (χ3v) is 5.72. The van der Waals surface area contributed by atoms with E-state index in [1.54, 1.807) is 18.2 Å². The summed E-state index contributed by atoms with van der Waals surface area (Å²) in [6, 6.07) is 11.2. The van der Waals surface area contributed by atoms with Crippen molar-refractivity contribution in [3.63, 3.8) is 0 Å². The van der Waals surface area contributed by atoms with Crippen LogP contribution in [0.3, 0.4) is 0 Å². The van der Waals surface area contributed by atoms with Gasteiger partial charge in [-0.25, -0.2) is 4.79 Å². The zero-order chi connectivity index (χ0) is 23.0. The molecule has 0 saturated carbocycles. The largest absolute Gasteiger partial charge is 0.449 e. The van der Waals surface area contributed by atoms with Crippen molar-refractivity contribution in [3.05, 3.63) is 73.9 Å². The van der Waals surface area contributed by atoms with E-state index in [0.29, 0.717) is 22.9 Å². The molecule has 0 aliphatic heterocycles. The Balaban J connectivity index is 1.85. The van der Waals surface area contributed by atoms with Gasteiger partial charge in [0, 0.05) is 17.6 Å². The van der Waals surface area contributed by atoms with Gasteiger partial charge >= 0.3 is 5.69 Å². The molecule has 166 valence electrons. The minimum absolute atomic E-state index is 0.0948. The molecule has 7 heteroatoms. The highest BCUT2D eigenvalue weighted by atomic mass is 16.3. The first-order valence-corrected chi connectivity index (χ1v) is 10.8. The van der Waals surface area contributed by atoms with Crippen molar-refractivity contribution in [1.29, 1.82) is 0 Å². The molecule has 1 amide bonds. The van der Waals surface area contributed by atoms with E-state index in [2.05, 4.69) is 5.32 Å². The van der Waals surface area contributed by atoms with Crippen LogP contribution in [0.15, 0.2) is 50.4 Å². The van der Waals surface area contributed by atoms with Crippen LogP contribution in [0.5, 0.6) is 0 Å². The Morgan fingerprint density at radius 2 is 1.72 bits per heavy atom. The molecule has 0 aliphatic carbocycles. The average molecular weight is 434 g/mol. The van der Waals surface area contributed by atoms with Crippen LogP contribution in [0.25, 0.3) is 22.1 Å². The molecule has 2 aromatic heterocycles. The minimum atomic E-state index is -0.505. The van der Waals surface area contributed by atoms with Gasteiger partial charge in [-0.05, 0) is 50.5 Å². The lowest BCUT2D eigenvalue weighted by molar-refractivity contribution is -0.116. The first-order valence-electron chi connectivity index (χ1n) is 10.8. The van der Waals surface area contributed by atoms with Crippen molar-refractivity contribution < 1.29 is 9.21 Å². The number of hydrogen-bond donors (Lipinski definition) is 1. The van der Waals surface area contributed by atoms with E-state index in [0.717, 1.165) is 28.8 Å². The fourth-order valence-corrected chi connectivity index (χ4v) is 4.26. The highest BCUT2D eigenvalue weighted by molar-refractivity contribution is 6.03. The third kappa shape index (κ3) is 3.75. The molecule has 7 nitrogen and oxygen atoms in total. The highest BCUT2D eigenvalue weighted by Crippen LogP contribution is 2.26. The number of carbonyl (C=O) groups excluding carboxylic acids is 1. The number of para-hydroxylation sites is 1. The van der Waals surface area contributed by atoms with Crippen molar-refractivity contribution in [2.24, 2.45) is 0 Å². The normalized spacial score (nSPS) is 11.4. The summed E-state index contributed by atoms with van der Waals surface area (Å²) in [7, 11) is 0. The topological polar surface area (TPSA) is 86.2 Å². The van der Waals surface area contributed by atoms with Gasteiger partial charge in [0.05, 0.1) is 0 Å². The monoisotopic (exact) mass is 433 g/mol. The number of hydrogen-bond acceptors (Lipinski definition) is 4. The summed E-state index contributed by atoms with van der Waals surface area (Å²) < 4.78 is 8.35. The second-order valence-corrected chi connectivity index (χ2v) is 8.28. The summed E-state index contributed by atoms with van der Waals surface area (Å²) in [5.74, 6) is -0.338. The van der Waals surface area contributed by atoms with Crippen molar-refractivity contribution in [2.45, 2.75) is 53.6 Å². The molecular weight excluding hydrogens is 406 g/mol. The van der Waals surface area contributed by atoms with Crippen molar-refractivity contribution in [1.82, 2.24) is 9.13 Å². The quantitative estimate of drug-likeness (QED) is 0.492. The van der Waals surface area contributed by atoms with Crippen LogP contribution in [-0.2, 0) is 17.9 Å². The summed E-state index contributed by atoms with van der Waals surface area (Å²) in [4.78, 5) is 39.4. The third-order valence-electron chi connectivity index (χ3n) is 5.72. The molecule has 0 aliphatic rings. The number of rotatable bonds is 6. The first kappa shape index (κ1) is 21.6. The van der Waals surface area contributed by atoms with Crippen LogP contribution in [-0.4, -0.2) is 15.0 Å². The first-order chi connectivity index (χ1) is 15.3. The van der Waals surface area contributed by atoms with Gasteiger partial charge in [-0.15, -0.1) is 0 Å². The maximum Gasteiger partial charge on any atom is 0.332 e. The molecule has 4 rings (SSSR count). The second kappa shape index (κ2) is 8.49. The lowest BCUT2D eigenvalue weighted by Crippen LogP contribution is -2.41. The zero-order valence-corrected chi connectivity index (χ0v) is 18.8. The highest BCUT2D eigenvalue weighted by Gasteiger charge is 2.21. The molecule has 2 heterocycles. The standard InChI is InChI=1S/C25H27N3O4/c1-5-6-11-27-24(30)23-22(18-9-7-8-10-19(18)32-23)28(25(27)31)14-20(29)26-21-16(3)12-15(2)13-17(21)4/h7-10,12-13H,5-6,11,14H2,1-4H3,(H,26,29). The molecule has 4 aromatic rings. The number of aryl methyl sites for hydroxylation is 3. The molecular formula is C25H27N3O4. The smallest absolute Gasteiger partial charge is 0.332 e. The Morgan fingerprint density at radius 3 is 2.41 bits per heavy atom. The summed E-state index contributed by atoms with van der Waals surface area (Å²) >= 11 is 0. The van der Waals surface area contributed by atoms with Crippen LogP contribution in [0.1, 0.15) is 36.5 Å². The molecule has 0 bridgehead atoms. The lowest BCUT2D eigenvalue weighted by atomic mass is 10.1. The predicted molar refractivity (Wildman–Crippen MR) is 126 cm³/mol. The van der Waals surface area contributed by atoms with E-state index < -0.39 is 11.2 Å². The second-order valence-electron chi connectivity index (χ2n) is 8.28. The van der Waals surface area contributed by atoms with Gasteiger partial charge in [0.15, 0.2) is 0 Å². The Morgan fingerprint density at radius 1 is 1.03 bits per heavy atom. The van der Waals surface area contributed by atoms with E-state index in [-0.39, 0.29) is 24.6 Å². The lowest BCUT2D eigenvalue weighted by Gasteiger charge is -2.15. The summed E-state index contributed by atoms with van der Waals surface area (Å²) in [6.07, 6.45) is 1.51. The van der Waals surface area contributed by atoms with Gasteiger partial charge in [0.2, 0.25) is 11.5 Å². The Kier molecular flexibility index (Phi) is 5.74. The number of furan rings is 1. The Labute approximate surface area is 185 Å². The SMILES string of the molecule is CCCCn1c(=O)c2oc3ccccc3c2n(CC(=O)Nc2c(C)cc(C)cc2C)c1=O. The molecule has 32 heavy (non-hydrogen) atoms. The average Bonchev–Trinajstić information content (AvgIpc) is 3.13. The van der Waals surface area contributed by atoms with Crippen molar-refractivity contribution in [3.8, 4) is 0 Å². The molecule has 0 radical (unpaired) electrons. The summed E-state index contributed by atoms with van der Waals surface area (Å²) in [6.45, 7) is 7.92. The van der Waals surface area contributed by atoms with Crippen LogP contribution in [0.4, 0.5) is 5.69 Å². The molecule has 0 atom stereocenters. The molecule has 2 aromatic carbocycles. The maximum atomic E-state index is 13.3. The number of nitrogens with zero attached hydrogens (tertiary/aromatic N) is 2. The van der Waals surface area contributed by atoms with Crippen LogP contribution >= 0.6 is 0 Å². The number of benzene rings is 2. The number of anilines is 1. The Hall–Kier alpha value is -3.61. The molecule has 0 unspecified atom stereocenters. The van der Waals surface area contributed by atoms with Crippen molar-refractivity contribution >= 4 is 33.7 Å². The van der Waals surface area contributed by atoms with Gasteiger partial charge in [0.1, 0.15) is 17.6 Å². The van der Waals surface area contributed by atoms with E-state index >= 15 is 0 Å². The van der Waals surface area contributed by atoms with Gasteiger partial charge in [0.25, 0.3) is 5.56 Å². The number of nitrogens with one attached hydrogen (secondary N) is 1. The number of unbranched alkanes of at least 4 members (excludes halogenated alkanes) is 1. The van der Waals surface area contributed by atoms with Gasteiger partial charge in [-0.3, -0.25) is 18.7 Å². The van der Waals surface area contributed by atoms with Crippen LogP contribution in [0.2, 0.25) is 0 Å². The zero-order valence-electron chi connectivity index (χ0n) is 18.8. The van der Waals surface area contributed by atoms with Gasteiger partial charge in [-0.2, -0.15) is 0 Å². The molecule has 0 spiro atoms. The predicted octanol–water partition coefficient (Wildman–Crippen LogP) is 4.27. The molecule has 0 fully saturated rings.